The zero-order valence-electron chi connectivity index (χ0n) is 15.6. The molecule has 2 aromatic rings. The van der Waals surface area contributed by atoms with Crippen LogP contribution in [0.2, 0.25) is 5.02 Å². The minimum atomic E-state index is 0.149. The van der Waals surface area contributed by atoms with Crippen LogP contribution in [-0.4, -0.2) is 55.2 Å². The molecule has 1 aromatic carbocycles. The van der Waals surface area contributed by atoms with Gasteiger partial charge in [-0.3, -0.25) is 0 Å². The van der Waals surface area contributed by atoms with Crippen LogP contribution in [0.1, 0.15) is 23.3 Å². The molecule has 1 fully saturated rings. The van der Waals surface area contributed by atoms with E-state index in [9.17, 15) is 4.79 Å². The molecule has 0 atom stereocenters. The van der Waals surface area contributed by atoms with Gasteiger partial charge in [0.15, 0.2) is 0 Å². The molecule has 0 saturated carbocycles. The fourth-order valence-corrected chi connectivity index (χ4v) is 4.29. The minimum absolute atomic E-state index is 0.149. The zero-order chi connectivity index (χ0) is 18.9. The predicted molar refractivity (Wildman–Crippen MR) is 112 cm³/mol. The lowest BCUT2D eigenvalue weighted by Crippen LogP contribution is -2.48. The Labute approximate surface area is 170 Å². The first kappa shape index (κ1) is 20.2. The highest BCUT2D eigenvalue weighted by atomic mass is 35.5. The summed E-state index contributed by atoms with van der Waals surface area (Å²) in [6, 6.07) is 12.4. The highest BCUT2D eigenvalue weighted by molar-refractivity contribution is 7.09. The minimum Gasteiger partial charge on any atom is -0.378 e. The molecule has 1 aliphatic heterocycles. The summed E-state index contributed by atoms with van der Waals surface area (Å²) in [4.78, 5) is 18.3. The number of carbonyl (C=O) groups excluding carboxylic acids is 1. The third kappa shape index (κ3) is 6.52. The number of carbonyl (C=O) groups is 1. The van der Waals surface area contributed by atoms with Gasteiger partial charge < -0.3 is 14.5 Å². The first-order valence-corrected chi connectivity index (χ1v) is 10.9. The molecule has 0 N–H and O–H groups in total. The average Bonchev–Trinajstić information content (AvgIpc) is 3.20. The Morgan fingerprint density at radius 1 is 1.11 bits per heavy atom. The summed E-state index contributed by atoms with van der Waals surface area (Å²) in [6.45, 7) is 4.22. The van der Waals surface area contributed by atoms with Crippen LogP contribution in [0, 0.1) is 0 Å². The molecule has 2 heterocycles. The Morgan fingerprint density at radius 2 is 1.89 bits per heavy atom. The lowest BCUT2D eigenvalue weighted by molar-refractivity contribution is 0.0431. The van der Waals surface area contributed by atoms with Gasteiger partial charge in [-0.15, -0.1) is 11.3 Å². The molecule has 4 nitrogen and oxygen atoms in total. The summed E-state index contributed by atoms with van der Waals surface area (Å²) in [5, 5.41) is 2.88. The van der Waals surface area contributed by atoms with Crippen LogP contribution in [0.5, 0.6) is 0 Å². The van der Waals surface area contributed by atoms with Crippen molar-refractivity contribution in [3.05, 3.63) is 57.2 Å². The van der Waals surface area contributed by atoms with Crippen molar-refractivity contribution in [3.8, 4) is 0 Å². The number of amides is 2. The molecule has 1 saturated heterocycles. The van der Waals surface area contributed by atoms with Crippen LogP contribution < -0.4 is 0 Å². The molecule has 2 amide bonds. The maximum atomic E-state index is 13.0. The van der Waals surface area contributed by atoms with Crippen molar-refractivity contribution in [1.82, 2.24) is 9.80 Å². The molecule has 146 valence electrons. The Kier molecular flexibility index (Phi) is 7.99. The molecule has 1 aromatic heterocycles. The number of benzene rings is 1. The molecule has 3 rings (SSSR count). The number of urea groups is 1. The third-order valence-electron chi connectivity index (χ3n) is 4.77. The third-order valence-corrected chi connectivity index (χ3v) is 5.94. The van der Waals surface area contributed by atoms with Crippen molar-refractivity contribution < 1.29 is 9.53 Å². The van der Waals surface area contributed by atoms with E-state index in [0.29, 0.717) is 26.3 Å². The van der Waals surface area contributed by atoms with Gasteiger partial charge in [0.25, 0.3) is 0 Å². The van der Waals surface area contributed by atoms with Crippen molar-refractivity contribution in [2.75, 3.05) is 39.4 Å². The van der Waals surface area contributed by atoms with E-state index in [4.69, 9.17) is 16.3 Å². The second-order valence-electron chi connectivity index (χ2n) is 6.79. The lowest BCUT2D eigenvalue weighted by atomic mass is 10.1. The molecule has 27 heavy (non-hydrogen) atoms. The number of nitrogens with zero attached hydrogens (tertiary/aromatic N) is 2. The van der Waals surface area contributed by atoms with Gasteiger partial charge in [0.05, 0.1) is 13.2 Å². The fourth-order valence-electron chi connectivity index (χ4n) is 3.32. The smallest absolute Gasteiger partial charge is 0.320 e. The van der Waals surface area contributed by atoms with Gasteiger partial charge in [0, 0.05) is 36.1 Å². The van der Waals surface area contributed by atoms with E-state index < -0.39 is 0 Å². The van der Waals surface area contributed by atoms with Gasteiger partial charge >= 0.3 is 6.03 Å². The van der Waals surface area contributed by atoms with Crippen LogP contribution in [0.4, 0.5) is 4.79 Å². The van der Waals surface area contributed by atoms with Crippen LogP contribution in [0.15, 0.2) is 41.8 Å². The van der Waals surface area contributed by atoms with Gasteiger partial charge in [0.2, 0.25) is 0 Å². The second kappa shape index (κ2) is 10.7. The summed E-state index contributed by atoms with van der Waals surface area (Å²) in [6.07, 6.45) is 3.89. The average molecular weight is 407 g/mol. The molecular weight excluding hydrogens is 380 g/mol. The number of hydrogen-bond acceptors (Lipinski definition) is 3. The van der Waals surface area contributed by atoms with Crippen LogP contribution in [-0.2, 0) is 17.6 Å². The number of hydrogen-bond donors (Lipinski definition) is 0. The summed E-state index contributed by atoms with van der Waals surface area (Å²) >= 11 is 7.86. The van der Waals surface area contributed by atoms with E-state index in [1.165, 1.54) is 10.4 Å². The van der Waals surface area contributed by atoms with E-state index >= 15 is 0 Å². The van der Waals surface area contributed by atoms with Gasteiger partial charge in [0.1, 0.15) is 0 Å². The standard InChI is InChI=1S/C21H27ClN2O2S/c22-19-7-1-5-18(17-19)6-2-10-23(11-3-8-20-9-4-16-27-20)21(25)24-12-14-26-15-13-24/h1,4-5,7,9,16-17H,2-3,6,8,10-15H2. The topological polar surface area (TPSA) is 32.8 Å². The quantitative estimate of drug-likeness (QED) is 0.635. The van der Waals surface area contributed by atoms with Crippen molar-refractivity contribution >= 4 is 29.0 Å². The SMILES string of the molecule is O=C(N(CCCc1cccc(Cl)c1)CCCc1cccs1)N1CCOCC1. The Hall–Kier alpha value is -1.56. The largest absolute Gasteiger partial charge is 0.378 e. The van der Waals surface area contributed by atoms with Crippen LogP contribution in [0.25, 0.3) is 0 Å². The first-order valence-electron chi connectivity index (χ1n) is 9.61. The van der Waals surface area contributed by atoms with Gasteiger partial charge in [-0.25, -0.2) is 4.79 Å². The van der Waals surface area contributed by atoms with E-state index in [2.05, 4.69) is 23.6 Å². The molecular formula is C21H27ClN2O2S. The van der Waals surface area contributed by atoms with Gasteiger partial charge in [-0.1, -0.05) is 29.8 Å². The molecule has 0 spiro atoms. The second-order valence-corrected chi connectivity index (χ2v) is 8.25. The van der Waals surface area contributed by atoms with Crippen molar-refractivity contribution in [2.45, 2.75) is 25.7 Å². The van der Waals surface area contributed by atoms with E-state index in [1.807, 2.05) is 28.0 Å². The maximum absolute atomic E-state index is 13.0. The van der Waals surface area contributed by atoms with Crippen molar-refractivity contribution in [2.24, 2.45) is 0 Å². The first-order chi connectivity index (χ1) is 13.2. The molecule has 0 unspecified atom stereocenters. The number of morpholine rings is 1. The maximum Gasteiger partial charge on any atom is 0.320 e. The summed E-state index contributed by atoms with van der Waals surface area (Å²) in [7, 11) is 0. The van der Waals surface area contributed by atoms with Gasteiger partial charge in [-0.05, 0) is 54.8 Å². The summed E-state index contributed by atoms with van der Waals surface area (Å²) in [5.41, 5.74) is 1.22. The fraction of sp³-hybridized carbons (Fsp3) is 0.476. The predicted octanol–water partition coefficient (Wildman–Crippen LogP) is 4.72. The summed E-state index contributed by atoms with van der Waals surface area (Å²) < 4.78 is 5.39. The van der Waals surface area contributed by atoms with Crippen LogP contribution in [0.3, 0.4) is 0 Å². The Morgan fingerprint density at radius 3 is 2.59 bits per heavy atom. The molecule has 0 bridgehead atoms. The molecule has 0 aliphatic carbocycles. The Balaban J connectivity index is 1.53. The molecule has 0 radical (unpaired) electrons. The van der Waals surface area contributed by atoms with E-state index in [1.54, 1.807) is 11.3 Å². The van der Waals surface area contributed by atoms with E-state index in [0.717, 1.165) is 43.8 Å². The highest BCUT2D eigenvalue weighted by Gasteiger charge is 2.22. The number of ether oxygens (including phenoxy) is 1. The Bertz CT molecular complexity index is 702. The monoisotopic (exact) mass is 406 g/mol. The zero-order valence-corrected chi connectivity index (χ0v) is 17.2. The number of aryl methyl sites for hydroxylation is 2. The lowest BCUT2D eigenvalue weighted by Gasteiger charge is -2.33. The van der Waals surface area contributed by atoms with Crippen molar-refractivity contribution in [1.29, 1.82) is 0 Å². The normalized spacial score (nSPS) is 14.3. The van der Waals surface area contributed by atoms with Gasteiger partial charge in [-0.2, -0.15) is 0 Å². The van der Waals surface area contributed by atoms with Crippen LogP contribution >= 0.6 is 22.9 Å². The highest BCUT2D eigenvalue weighted by Crippen LogP contribution is 2.15. The number of halogens is 1. The number of rotatable bonds is 8. The number of thiophene rings is 1. The summed E-state index contributed by atoms with van der Waals surface area (Å²) in [5.74, 6) is 0. The van der Waals surface area contributed by atoms with Crippen molar-refractivity contribution in [3.63, 3.8) is 0 Å². The molecule has 1 aliphatic rings. The van der Waals surface area contributed by atoms with E-state index in [-0.39, 0.29) is 6.03 Å². The molecule has 6 heteroatoms.